The minimum Gasteiger partial charge on any atom is -0.392 e. The normalized spacial score (nSPS) is 12.1. The van der Waals surface area contributed by atoms with Crippen molar-refractivity contribution in [3.05, 3.63) is 59.1 Å². The van der Waals surface area contributed by atoms with E-state index < -0.39 is 0 Å². The Balaban J connectivity index is 2.43. The first-order valence-corrected chi connectivity index (χ1v) is 5.79. The average molecular weight is 264 g/mol. The summed E-state index contributed by atoms with van der Waals surface area (Å²) in [6, 6.07) is 9.10. The van der Waals surface area contributed by atoms with E-state index in [1.54, 1.807) is 30.6 Å². The van der Waals surface area contributed by atoms with Gasteiger partial charge in [-0.2, -0.15) is 0 Å². The lowest BCUT2D eigenvalue weighted by Gasteiger charge is -2.14. The summed E-state index contributed by atoms with van der Waals surface area (Å²) in [7, 11) is 0. The Labute approximate surface area is 110 Å². The molecule has 1 heterocycles. The topological polar surface area (TPSA) is 51.8 Å². The van der Waals surface area contributed by atoms with Gasteiger partial charge in [-0.3, -0.25) is 0 Å². The van der Waals surface area contributed by atoms with Gasteiger partial charge in [0.15, 0.2) is 0 Å². The molecule has 1 aromatic heterocycles. The summed E-state index contributed by atoms with van der Waals surface area (Å²) in [5, 5.41) is 0.671. The highest BCUT2D eigenvalue weighted by Gasteiger charge is 2.19. The fourth-order valence-electron chi connectivity index (χ4n) is 1.56. The Hall–Kier alpha value is -1.52. The molecule has 1 atom stereocenters. The van der Waals surface area contributed by atoms with Crippen LogP contribution in [0.5, 0.6) is 0 Å². The van der Waals surface area contributed by atoms with Crippen molar-refractivity contribution in [1.29, 1.82) is 0 Å². The lowest BCUT2D eigenvalue weighted by atomic mass is 9.98. The molecule has 0 aliphatic carbocycles. The van der Waals surface area contributed by atoms with Gasteiger partial charge in [-0.25, -0.2) is 9.97 Å². The minimum absolute atomic E-state index is 0.275. The molecular weight excluding hydrogens is 254 g/mol. The minimum atomic E-state index is -0.275. The fraction of sp³-hybridized carbons (Fsp3) is 0.0833. The van der Waals surface area contributed by atoms with Crippen molar-refractivity contribution >= 4 is 28.8 Å². The molecular formula is C12H10ClN3S. The van der Waals surface area contributed by atoms with Gasteiger partial charge >= 0.3 is 0 Å². The second-order valence-corrected chi connectivity index (χ2v) is 4.40. The molecule has 2 rings (SSSR count). The highest BCUT2D eigenvalue weighted by atomic mass is 35.5. The fourth-order valence-corrected chi connectivity index (χ4v) is 1.92. The molecule has 2 N–H and O–H groups in total. The molecule has 1 aromatic carbocycles. The van der Waals surface area contributed by atoms with Gasteiger partial charge in [0.05, 0.1) is 10.9 Å². The van der Waals surface area contributed by atoms with Crippen LogP contribution in [-0.2, 0) is 0 Å². The Morgan fingerprint density at radius 3 is 2.29 bits per heavy atom. The Bertz CT molecular complexity index is 513. The summed E-state index contributed by atoms with van der Waals surface area (Å²) < 4.78 is 0. The lowest BCUT2D eigenvalue weighted by molar-refractivity contribution is 0.914. The van der Waals surface area contributed by atoms with Crippen molar-refractivity contribution in [2.24, 2.45) is 5.73 Å². The van der Waals surface area contributed by atoms with Crippen LogP contribution in [0.15, 0.2) is 42.7 Å². The molecule has 0 bridgehead atoms. The van der Waals surface area contributed by atoms with E-state index in [-0.39, 0.29) is 5.92 Å². The number of halogens is 1. The predicted octanol–water partition coefficient (Wildman–Crippen LogP) is 2.55. The molecule has 0 saturated heterocycles. The van der Waals surface area contributed by atoms with Crippen LogP contribution >= 0.6 is 23.8 Å². The van der Waals surface area contributed by atoms with E-state index in [9.17, 15) is 0 Å². The summed E-state index contributed by atoms with van der Waals surface area (Å²) >= 11 is 10.9. The first kappa shape index (κ1) is 12.0. The third kappa shape index (κ3) is 2.78. The quantitative estimate of drug-likeness (QED) is 0.865. The van der Waals surface area contributed by atoms with Crippen LogP contribution in [0.25, 0.3) is 0 Å². The zero-order valence-corrected chi connectivity index (χ0v) is 10.4. The number of nitrogens with zero attached hydrogens (tertiary/aromatic N) is 2. The number of hydrogen-bond donors (Lipinski definition) is 1. The Morgan fingerprint density at radius 1 is 1.18 bits per heavy atom. The molecule has 0 aliphatic heterocycles. The van der Waals surface area contributed by atoms with Gasteiger partial charge in [0, 0.05) is 17.4 Å². The molecule has 2 aromatic rings. The third-order valence-electron chi connectivity index (χ3n) is 2.33. The molecule has 0 aliphatic rings. The van der Waals surface area contributed by atoms with Crippen LogP contribution in [0.4, 0.5) is 0 Å². The highest BCUT2D eigenvalue weighted by Crippen LogP contribution is 2.23. The van der Waals surface area contributed by atoms with Crippen LogP contribution in [-0.4, -0.2) is 15.0 Å². The van der Waals surface area contributed by atoms with Gasteiger partial charge in [-0.15, -0.1) is 0 Å². The second kappa shape index (κ2) is 5.21. The average Bonchev–Trinajstić information content (AvgIpc) is 2.33. The maximum Gasteiger partial charge on any atom is 0.142 e. The van der Waals surface area contributed by atoms with Crippen molar-refractivity contribution in [2.45, 2.75) is 5.92 Å². The number of thiocarbonyl (C=S) groups is 1. The van der Waals surface area contributed by atoms with E-state index in [1.165, 1.54) is 0 Å². The van der Waals surface area contributed by atoms with Gasteiger partial charge < -0.3 is 5.73 Å². The van der Waals surface area contributed by atoms with Crippen LogP contribution in [0.3, 0.4) is 0 Å². The number of rotatable bonds is 3. The van der Waals surface area contributed by atoms with Gasteiger partial charge in [-0.05, 0) is 23.8 Å². The third-order valence-corrected chi connectivity index (χ3v) is 2.82. The van der Waals surface area contributed by atoms with E-state index in [0.29, 0.717) is 15.8 Å². The smallest absolute Gasteiger partial charge is 0.142 e. The van der Waals surface area contributed by atoms with Gasteiger partial charge in [0.25, 0.3) is 0 Å². The summed E-state index contributed by atoms with van der Waals surface area (Å²) in [5.74, 6) is 0.325. The molecule has 0 radical (unpaired) electrons. The van der Waals surface area contributed by atoms with E-state index >= 15 is 0 Å². The maximum absolute atomic E-state index is 5.85. The lowest BCUT2D eigenvalue weighted by Crippen LogP contribution is -2.22. The zero-order chi connectivity index (χ0) is 12.3. The summed E-state index contributed by atoms with van der Waals surface area (Å²) in [5.41, 5.74) is 6.70. The van der Waals surface area contributed by atoms with Crippen molar-refractivity contribution in [3.63, 3.8) is 0 Å². The highest BCUT2D eigenvalue weighted by molar-refractivity contribution is 7.80. The van der Waals surface area contributed by atoms with Crippen LogP contribution < -0.4 is 5.73 Å². The van der Waals surface area contributed by atoms with E-state index in [0.717, 1.165) is 5.56 Å². The van der Waals surface area contributed by atoms with Gasteiger partial charge in [0.2, 0.25) is 0 Å². The van der Waals surface area contributed by atoms with Gasteiger partial charge in [-0.1, -0.05) is 36.0 Å². The standard InChI is InChI=1S/C12H10ClN3S/c13-9-4-2-8(3-5-9)10(11(14)17)12-15-6-1-7-16-12/h1-7,10H,(H2,14,17). The Kier molecular flexibility index (Phi) is 3.66. The van der Waals surface area contributed by atoms with Crippen LogP contribution in [0.1, 0.15) is 17.3 Å². The predicted molar refractivity (Wildman–Crippen MR) is 72.1 cm³/mol. The SMILES string of the molecule is NC(=S)C(c1ccc(Cl)cc1)c1ncccn1. The van der Waals surface area contributed by atoms with E-state index in [4.69, 9.17) is 29.6 Å². The number of benzene rings is 1. The maximum atomic E-state index is 5.85. The van der Waals surface area contributed by atoms with Crippen LogP contribution in [0, 0.1) is 0 Å². The van der Waals surface area contributed by atoms with Crippen molar-refractivity contribution in [1.82, 2.24) is 9.97 Å². The van der Waals surface area contributed by atoms with Gasteiger partial charge in [0.1, 0.15) is 5.82 Å². The summed E-state index contributed by atoms with van der Waals surface area (Å²) in [6.07, 6.45) is 3.34. The molecule has 3 nitrogen and oxygen atoms in total. The monoisotopic (exact) mass is 263 g/mol. The molecule has 0 amide bonds. The van der Waals surface area contributed by atoms with Crippen LogP contribution in [0.2, 0.25) is 5.02 Å². The first-order chi connectivity index (χ1) is 8.18. The number of nitrogens with two attached hydrogens (primary N) is 1. The summed E-state index contributed by atoms with van der Waals surface area (Å²) in [6.45, 7) is 0. The van der Waals surface area contributed by atoms with Crippen molar-refractivity contribution in [2.75, 3.05) is 0 Å². The molecule has 86 valence electrons. The molecule has 0 spiro atoms. The number of hydrogen-bond acceptors (Lipinski definition) is 3. The van der Waals surface area contributed by atoms with E-state index in [1.807, 2.05) is 12.1 Å². The molecule has 0 saturated carbocycles. The van der Waals surface area contributed by atoms with Crippen molar-refractivity contribution < 1.29 is 0 Å². The largest absolute Gasteiger partial charge is 0.392 e. The molecule has 0 fully saturated rings. The summed E-state index contributed by atoms with van der Waals surface area (Å²) in [4.78, 5) is 8.72. The number of aromatic nitrogens is 2. The molecule has 1 unspecified atom stereocenters. The first-order valence-electron chi connectivity index (χ1n) is 5.00. The zero-order valence-electron chi connectivity index (χ0n) is 8.88. The van der Waals surface area contributed by atoms with Crippen molar-refractivity contribution in [3.8, 4) is 0 Å². The second-order valence-electron chi connectivity index (χ2n) is 3.49. The molecule has 5 heteroatoms. The van der Waals surface area contributed by atoms with E-state index in [2.05, 4.69) is 9.97 Å². The Morgan fingerprint density at radius 2 is 1.76 bits per heavy atom. The molecule has 17 heavy (non-hydrogen) atoms.